The lowest BCUT2D eigenvalue weighted by molar-refractivity contribution is -0.142. The molecule has 0 radical (unpaired) electrons. The summed E-state index contributed by atoms with van der Waals surface area (Å²) in [4.78, 5) is 11.7. The minimum atomic E-state index is -0.376. The Hall–Kier alpha value is -1.35. The summed E-state index contributed by atoms with van der Waals surface area (Å²) in [6.45, 7) is 9.41. The number of nitrogens with one attached hydrogen (secondary N) is 1. The van der Waals surface area contributed by atoms with E-state index in [1.807, 2.05) is 0 Å². The normalized spacial score (nSPS) is 14.1. The number of carbonyl (C=O) groups is 1. The minimum Gasteiger partial charge on any atom is -0.469 e. The van der Waals surface area contributed by atoms with Crippen molar-refractivity contribution in [3.63, 3.8) is 0 Å². The maximum atomic E-state index is 11.7. The second-order valence-electron chi connectivity index (χ2n) is 5.79. The Morgan fingerprint density at radius 2 is 1.90 bits per heavy atom. The molecule has 0 saturated heterocycles. The van der Waals surface area contributed by atoms with Gasteiger partial charge in [0, 0.05) is 0 Å². The van der Waals surface area contributed by atoms with Crippen LogP contribution in [-0.2, 0) is 15.1 Å². The zero-order valence-electron chi connectivity index (χ0n) is 13.3. The van der Waals surface area contributed by atoms with Crippen molar-refractivity contribution in [1.82, 2.24) is 5.32 Å². The van der Waals surface area contributed by atoms with E-state index in [0.717, 1.165) is 18.5 Å². The predicted octanol–water partition coefficient (Wildman–Crippen LogP) is 3.59. The zero-order chi connectivity index (χ0) is 15.2. The summed E-state index contributed by atoms with van der Waals surface area (Å²) in [6.07, 6.45) is 1.37. The second kappa shape index (κ2) is 7.44. The first kappa shape index (κ1) is 16.7. The van der Waals surface area contributed by atoms with E-state index in [4.69, 9.17) is 4.74 Å². The molecule has 0 aliphatic carbocycles. The molecule has 0 heterocycles. The van der Waals surface area contributed by atoms with Gasteiger partial charge < -0.3 is 10.1 Å². The Bertz CT molecular complexity index is 425. The molecule has 0 spiro atoms. The van der Waals surface area contributed by atoms with Gasteiger partial charge in [-0.3, -0.25) is 4.79 Å². The molecule has 1 unspecified atom stereocenters. The predicted molar refractivity (Wildman–Crippen MR) is 82.8 cm³/mol. The lowest BCUT2D eigenvalue weighted by Gasteiger charge is -2.31. The summed E-state index contributed by atoms with van der Waals surface area (Å²) in [5, 5.41) is 3.48. The second-order valence-corrected chi connectivity index (χ2v) is 5.79. The molecule has 0 bridgehead atoms. The van der Waals surface area contributed by atoms with Crippen LogP contribution in [0, 0.1) is 0 Å². The molecular weight excluding hydrogens is 250 g/mol. The molecule has 112 valence electrons. The lowest BCUT2D eigenvalue weighted by Crippen LogP contribution is -2.42. The average molecular weight is 277 g/mol. The molecule has 3 heteroatoms. The Kier molecular flexibility index (Phi) is 6.21. The van der Waals surface area contributed by atoms with E-state index in [1.54, 1.807) is 0 Å². The van der Waals surface area contributed by atoms with Crippen LogP contribution >= 0.6 is 0 Å². The summed E-state index contributed by atoms with van der Waals surface area (Å²) in [6, 6.07) is 8.51. The molecule has 1 atom stereocenters. The summed E-state index contributed by atoms with van der Waals surface area (Å²) >= 11 is 0. The number of methoxy groups -OCH3 is 1. The highest BCUT2D eigenvalue weighted by Gasteiger charge is 2.29. The molecule has 3 nitrogen and oxygen atoms in total. The number of carbonyl (C=O) groups excluding carboxylic acids is 1. The van der Waals surface area contributed by atoms with Gasteiger partial charge in [0.2, 0.25) is 0 Å². The number of rotatable bonds is 7. The van der Waals surface area contributed by atoms with Crippen molar-refractivity contribution in [3.8, 4) is 0 Å². The summed E-state index contributed by atoms with van der Waals surface area (Å²) in [7, 11) is 1.43. The highest BCUT2D eigenvalue weighted by Crippen LogP contribution is 2.27. The van der Waals surface area contributed by atoms with Gasteiger partial charge in [-0.1, -0.05) is 45.0 Å². The van der Waals surface area contributed by atoms with Crippen molar-refractivity contribution < 1.29 is 9.53 Å². The molecule has 0 saturated carbocycles. The fourth-order valence-corrected chi connectivity index (χ4v) is 2.26. The number of esters is 1. The van der Waals surface area contributed by atoms with Gasteiger partial charge in [-0.25, -0.2) is 0 Å². The topological polar surface area (TPSA) is 38.3 Å². The monoisotopic (exact) mass is 277 g/mol. The molecule has 1 N–H and O–H groups in total. The zero-order valence-corrected chi connectivity index (χ0v) is 13.3. The molecule has 20 heavy (non-hydrogen) atoms. The van der Waals surface area contributed by atoms with Crippen molar-refractivity contribution in [2.24, 2.45) is 0 Å². The van der Waals surface area contributed by atoms with E-state index >= 15 is 0 Å². The number of ether oxygens (including phenoxy) is 1. The van der Waals surface area contributed by atoms with E-state index < -0.39 is 0 Å². The van der Waals surface area contributed by atoms with Gasteiger partial charge in [-0.05, 0) is 36.9 Å². The SMILES string of the molecule is CCCNC(C)(CC(=O)OC)c1ccc(C(C)C)cc1. The van der Waals surface area contributed by atoms with E-state index in [1.165, 1.54) is 12.7 Å². The van der Waals surface area contributed by atoms with Crippen LogP contribution in [0.4, 0.5) is 0 Å². The molecule has 0 aromatic heterocycles. The van der Waals surface area contributed by atoms with Crippen LogP contribution in [-0.4, -0.2) is 19.6 Å². The molecule has 0 fully saturated rings. The molecular formula is C17H27NO2. The number of benzene rings is 1. The van der Waals surface area contributed by atoms with Crippen molar-refractivity contribution in [2.45, 2.75) is 52.0 Å². The molecule has 1 rings (SSSR count). The maximum absolute atomic E-state index is 11.7. The fourth-order valence-electron chi connectivity index (χ4n) is 2.26. The van der Waals surface area contributed by atoms with E-state index in [2.05, 4.69) is 57.3 Å². The third-order valence-electron chi connectivity index (χ3n) is 3.71. The smallest absolute Gasteiger partial charge is 0.307 e. The van der Waals surface area contributed by atoms with Gasteiger partial charge in [0.05, 0.1) is 19.1 Å². The first-order valence-corrected chi connectivity index (χ1v) is 7.35. The van der Waals surface area contributed by atoms with Crippen LogP contribution in [0.2, 0.25) is 0 Å². The van der Waals surface area contributed by atoms with Crippen LogP contribution < -0.4 is 5.32 Å². The summed E-state index contributed by atoms with van der Waals surface area (Å²) in [5.41, 5.74) is 2.06. The Morgan fingerprint density at radius 1 is 1.30 bits per heavy atom. The quantitative estimate of drug-likeness (QED) is 0.774. The van der Waals surface area contributed by atoms with E-state index in [-0.39, 0.29) is 11.5 Å². The fraction of sp³-hybridized carbons (Fsp3) is 0.588. The lowest BCUT2D eigenvalue weighted by atomic mass is 9.87. The maximum Gasteiger partial charge on any atom is 0.307 e. The van der Waals surface area contributed by atoms with Gasteiger partial charge >= 0.3 is 5.97 Å². The Balaban J connectivity index is 2.99. The van der Waals surface area contributed by atoms with Crippen molar-refractivity contribution >= 4 is 5.97 Å². The Labute approximate surface area is 122 Å². The van der Waals surface area contributed by atoms with Gasteiger partial charge in [0.25, 0.3) is 0 Å². The summed E-state index contributed by atoms with van der Waals surface area (Å²) in [5.74, 6) is 0.323. The number of hydrogen-bond acceptors (Lipinski definition) is 3. The number of hydrogen-bond donors (Lipinski definition) is 1. The van der Waals surface area contributed by atoms with Crippen LogP contribution in [0.5, 0.6) is 0 Å². The van der Waals surface area contributed by atoms with E-state index in [9.17, 15) is 4.79 Å². The third kappa shape index (κ3) is 4.34. The highest BCUT2D eigenvalue weighted by molar-refractivity contribution is 5.71. The van der Waals surface area contributed by atoms with Crippen LogP contribution in [0.1, 0.15) is 57.6 Å². The standard InChI is InChI=1S/C17H27NO2/c1-6-11-18-17(4,12-16(19)20-5)15-9-7-14(8-10-15)13(2)3/h7-10,13,18H,6,11-12H2,1-5H3. The largest absolute Gasteiger partial charge is 0.469 e. The van der Waals surface area contributed by atoms with Gasteiger partial charge in [-0.15, -0.1) is 0 Å². The van der Waals surface area contributed by atoms with Gasteiger partial charge in [0.1, 0.15) is 0 Å². The molecule has 0 aliphatic heterocycles. The molecule has 0 aliphatic rings. The van der Waals surface area contributed by atoms with Crippen molar-refractivity contribution in [1.29, 1.82) is 0 Å². The first-order valence-electron chi connectivity index (χ1n) is 7.35. The molecule has 0 amide bonds. The van der Waals surface area contributed by atoms with Crippen LogP contribution in [0.15, 0.2) is 24.3 Å². The van der Waals surface area contributed by atoms with E-state index in [0.29, 0.717) is 12.3 Å². The third-order valence-corrected chi connectivity index (χ3v) is 3.71. The van der Waals surface area contributed by atoms with Crippen LogP contribution in [0.25, 0.3) is 0 Å². The average Bonchev–Trinajstić information content (AvgIpc) is 2.45. The van der Waals surface area contributed by atoms with Gasteiger partial charge in [-0.2, -0.15) is 0 Å². The first-order chi connectivity index (χ1) is 9.42. The van der Waals surface area contributed by atoms with Gasteiger partial charge in [0.15, 0.2) is 0 Å². The van der Waals surface area contributed by atoms with Crippen molar-refractivity contribution in [3.05, 3.63) is 35.4 Å². The molecule has 1 aromatic rings. The minimum absolute atomic E-state index is 0.191. The molecule has 1 aromatic carbocycles. The Morgan fingerprint density at radius 3 is 2.35 bits per heavy atom. The highest BCUT2D eigenvalue weighted by atomic mass is 16.5. The summed E-state index contributed by atoms with van der Waals surface area (Å²) < 4.78 is 4.83. The van der Waals surface area contributed by atoms with Crippen LogP contribution in [0.3, 0.4) is 0 Å². The van der Waals surface area contributed by atoms with Crippen molar-refractivity contribution in [2.75, 3.05) is 13.7 Å².